The summed E-state index contributed by atoms with van der Waals surface area (Å²) in [6, 6.07) is 12.8. The fraction of sp³-hybridized carbons (Fsp3) is 0. The van der Waals surface area contributed by atoms with Gasteiger partial charge in [0.2, 0.25) is 5.91 Å². The van der Waals surface area contributed by atoms with Crippen molar-refractivity contribution in [3.05, 3.63) is 71.0 Å². The largest absolute Gasteiger partial charge is 0.323 e. The summed E-state index contributed by atoms with van der Waals surface area (Å²) in [6.45, 7) is 0. The summed E-state index contributed by atoms with van der Waals surface area (Å²) in [5.41, 5.74) is 1.30. The first-order valence-corrected chi connectivity index (χ1v) is 6.02. The molecule has 96 valence electrons. The molecule has 0 fully saturated rings. The van der Waals surface area contributed by atoms with Crippen LogP contribution in [0.25, 0.3) is 6.08 Å². The van der Waals surface area contributed by atoms with Gasteiger partial charge in [0.05, 0.1) is 0 Å². The molecule has 0 aliphatic carbocycles. The minimum absolute atomic E-state index is 0.300. The van der Waals surface area contributed by atoms with Gasteiger partial charge < -0.3 is 5.32 Å². The molecular formula is C15H11ClFNO. The van der Waals surface area contributed by atoms with E-state index in [2.05, 4.69) is 5.32 Å². The zero-order valence-electron chi connectivity index (χ0n) is 9.94. The first kappa shape index (κ1) is 13.3. The van der Waals surface area contributed by atoms with Gasteiger partial charge in [-0.25, -0.2) is 4.39 Å². The van der Waals surface area contributed by atoms with Gasteiger partial charge in [-0.3, -0.25) is 4.79 Å². The summed E-state index contributed by atoms with van der Waals surface area (Å²) in [4.78, 5) is 11.6. The highest BCUT2D eigenvalue weighted by molar-refractivity contribution is 6.32. The van der Waals surface area contributed by atoms with Crippen LogP contribution in [0.2, 0.25) is 5.02 Å². The summed E-state index contributed by atoms with van der Waals surface area (Å²) in [5.74, 6) is -0.642. The summed E-state index contributed by atoms with van der Waals surface area (Å²) in [5, 5.41) is 3.20. The van der Waals surface area contributed by atoms with Crippen molar-refractivity contribution in [3.8, 4) is 0 Å². The molecule has 0 aromatic heterocycles. The quantitative estimate of drug-likeness (QED) is 0.839. The highest BCUT2D eigenvalue weighted by Gasteiger charge is 1.99. The Kier molecular flexibility index (Phi) is 4.31. The van der Waals surface area contributed by atoms with E-state index in [0.29, 0.717) is 10.7 Å². The van der Waals surface area contributed by atoms with Crippen LogP contribution in [0.3, 0.4) is 0 Å². The van der Waals surface area contributed by atoms with E-state index in [-0.39, 0.29) is 11.7 Å². The number of hydrogen-bond acceptors (Lipinski definition) is 1. The lowest BCUT2D eigenvalue weighted by Crippen LogP contribution is -2.07. The van der Waals surface area contributed by atoms with E-state index in [0.717, 1.165) is 5.56 Å². The Morgan fingerprint density at radius 1 is 1.11 bits per heavy atom. The molecule has 0 unspecified atom stereocenters. The van der Waals surface area contributed by atoms with Crippen LogP contribution in [0.1, 0.15) is 5.56 Å². The molecule has 0 spiro atoms. The monoisotopic (exact) mass is 275 g/mol. The average molecular weight is 276 g/mol. The maximum atomic E-state index is 12.7. The normalized spacial score (nSPS) is 10.6. The summed E-state index contributed by atoms with van der Waals surface area (Å²) < 4.78 is 12.7. The fourth-order valence-corrected chi connectivity index (χ4v) is 1.69. The second-order valence-electron chi connectivity index (χ2n) is 3.85. The van der Waals surface area contributed by atoms with Crippen LogP contribution in [-0.2, 0) is 4.79 Å². The molecule has 0 radical (unpaired) electrons. The van der Waals surface area contributed by atoms with E-state index in [4.69, 9.17) is 11.6 Å². The first-order chi connectivity index (χ1) is 9.15. The second kappa shape index (κ2) is 6.16. The molecule has 0 heterocycles. The van der Waals surface area contributed by atoms with Crippen molar-refractivity contribution in [2.24, 2.45) is 0 Å². The average Bonchev–Trinajstić information content (AvgIpc) is 2.40. The smallest absolute Gasteiger partial charge is 0.248 e. The molecule has 0 saturated carbocycles. The molecule has 1 amide bonds. The maximum Gasteiger partial charge on any atom is 0.248 e. The predicted octanol–water partition coefficient (Wildman–Crippen LogP) is 4.13. The number of hydrogen-bond donors (Lipinski definition) is 1. The van der Waals surface area contributed by atoms with E-state index in [1.165, 1.54) is 30.3 Å². The van der Waals surface area contributed by atoms with Crippen molar-refractivity contribution >= 4 is 29.3 Å². The van der Waals surface area contributed by atoms with Crippen LogP contribution < -0.4 is 5.32 Å². The molecular weight excluding hydrogens is 265 g/mol. The standard InChI is InChI=1S/C15H11ClFNO/c16-14-4-2-1-3-11(14)5-10-15(19)18-13-8-6-12(17)7-9-13/h1-10H,(H,18,19)/b10-5+. The second-order valence-corrected chi connectivity index (χ2v) is 4.26. The predicted molar refractivity (Wildman–Crippen MR) is 75.5 cm³/mol. The van der Waals surface area contributed by atoms with Crippen molar-refractivity contribution < 1.29 is 9.18 Å². The minimum atomic E-state index is -0.343. The Morgan fingerprint density at radius 2 is 1.79 bits per heavy atom. The molecule has 1 N–H and O–H groups in total. The van der Waals surface area contributed by atoms with Gasteiger partial charge >= 0.3 is 0 Å². The number of benzene rings is 2. The summed E-state index contributed by atoms with van der Waals surface area (Å²) >= 11 is 5.96. The minimum Gasteiger partial charge on any atom is -0.323 e. The van der Waals surface area contributed by atoms with Crippen molar-refractivity contribution in [1.29, 1.82) is 0 Å². The van der Waals surface area contributed by atoms with E-state index >= 15 is 0 Å². The van der Waals surface area contributed by atoms with Gasteiger partial charge in [-0.05, 0) is 42.0 Å². The lowest BCUT2D eigenvalue weighted by atomic mass is 10.2. The van der Waals surface area contributed by atoms with E-state index in [9.17, 15) is 9.18 Å². The SMILES string of the molecule is O=C(/C=C/c1ccccc1Cl)Nc1ccc(F)cc1. The Hall–Kier alpha value is -2.13. The van der Waals surface area contributed by atoms with Crippen LogP contribution in [-0.4, -0.2) is 5.91 Å². The maximum absolute atomic E-state index is 12.7. The van der Waals surface area contributed by atoms with Gasteiger partial charge in [0.15, 0.2) is 0 Å². The number of carbonyl (C=O) groups excluding carboxylic acids is 1. The molecule has 4 heteroatoms. The molecule has 2 nitrogen and oxygen atoms in total. The molecule has 19 heavy (non-hydrogen) atoms. The number of rotatable bonds is 3. The summed E-state index contributed by atoms with van der Waals surface area (Å²) in [7, 11) is 0. The topological polar surface area (TPSA) is 29.1 Å². The third kappa shape index (κ3) is 3.93. The van der Waals surface area contributed by atoms with E-state index in [1.807, 2.05) is 18.2 Å². The van der Waals surface area contributed by atoms with Crippen LogP contribution >= 0.6 is 11.6 Å². The van der Waals surface area contributed by atoms with Gasteiger partial charge in [-0.2, -0.15) is 0 Å². The molecule has 0 saturated heterocycles. The summed E-state index contributed by atoms with van der Waals surface area (Å²) in [6.07, 6.45) is 3.01. The number of anilines is 1. The van der Waals surface area contributed by atoms with Crippen LogP contribution in [0.5, 0.6) is 0 Å². The van der Waals surface area contributed by atoms with Gasteiger partial charge in [0.1, 0.15) is 5.82 Å². The van der Waals surface area contributed by atoms with Gasteiger partial charge in [0.25, 0.3) is 0 Å². The Balaban J connectivity index is 2.02. The van der Waals surface area contributed by atoms with Crippen LogP contribution in [0.15, 0.2) is 54.6 Å². The van der Waals surface area contributed by atoms with Crippen molar-refractivity contribution in [3.63, 3.8) is 0 Å². The van der Waals surface area contributed by atoms with Crippen molar-refractivity contribution in [1.82, 2.24) is 0 Å². The van der Waals surface area contributed by atoms with E-state index < -0.39 is 0 Å². The van der Waals surface area contributed by atoms with Gasteiger partial charge in [-0.15, -0.1) is 0 Å². The zero-order chi connectivity index (χ0) is 13.7. The Bertz CT molecular complexity index is 608. The van der Waals surface area contributed by atoms with Crippen molar-refractivity contribution in [2.45, 2.75) is 0 Å². The first-order valence-electron chi connectivity index (χ1n) is 5.64. The number of nitrogens with one attached hydrogen (secondary N) is 1. The molecule has 2 aromatic rings. The third-order valence-corrected chi connectivity index (χ3v) is 2.78. The van der Waals surface area contributed by atoms with Gasteiger partial charge in [0, 0.05) is 16.8 Å². The van der Waals surface area contributed by atoms with Gasteiger partial charge in [-0.1, -0.05) is 29.8 Å². The highest BCUT2D eigenvalue weighted by Crippen LogP contribution is 2.16. The molecule has 0 bridgehead atoms. The third-order valence-electron chi connectivity index (χ3n) is 2.43. The highest BCUT2D eigenvalue weighted by atomic mass is 35.5. The molecule has 2 rings (SSSR count). The molecule has 0 aliphatic heterocycles. The lowest BCUT2D eigenvalue weighted by molar-refractivity contribution is -0.111. The lowest BCUT2D eigenvalue weighted by Gasteiger charge is -2.01. The van der Waals surface area contributed by atoms with E-state index in [1.54, 1.807) is 12.1 Å². The van der Waals surface area contributed by atoms with Crippen LogP contribution in [0, 0.1) is 5.82 Å². The molecule has 0 aliphatic rings. The van der Waals surface area contributed by atoms with Crippen LogP contribution in [0.4, 0.5) is 10.1 Å². The molecule has 0 atom stereocenters. The number of carbonyl (C=O) groups is 1. The number of halogens is 2. The molecule has 2 aromatic carbocycles. The zero-order valence-corrected chi connectivity index (χ0v) is 10.7. The fourth-order valence-electron chi connectivity index (χ4n) is 1.49. The number of amides is 1. The van der Waals surface area contributed by atoms with Crippen molar-refractivity contribution in [2.75, 3.05) is 5.32 Å². The Labute approximate surface area is 115 Å². The Morgan fingerprint density at radius 3 is 2.47 bits per heavy atom.